The smallest absolute Gasteiger partial charge is 0.212 e. The van der Waals surface area contributed by atoms with Gasteiger partial charge in [0.25, 0.3) is 0 Å². The van der Waals surface area contributed by atoms with E-state index in [0.717, 1.165) is 30.6 Å². The van der Waals surface area contributed by atoms with E-state index in [1.807, 2.05) is 6.20 Å². The molecule has 0 fully saturated rings. The SMILES string of the molecule is COc1cccc(S(=O)(=O)c2ccnc3c(C4=CCNCC4)c[nH]c23)c1OC. The van der Waals surface area contributed by atoms with Crippen LogP contribution in [0.15, 0.2) is 52.5 Å². The second kappa shape index (κ2) is 7.29. The van der Waals surface area contributed by atoms with Crippen LogP contribution in [0.5, 0.6) is 11.5 Å². The molecule has 2 N–H and O–H groups in total. The number of aromatic amines is 1. The maximum absolute atomic E-state index is 13.5. The molecule has 0 radical (unpaired) electrons. The normalized spacial score (nSPS) is 14.7. The van der Waals surface area contributed by atoms with Gasteiger partial charge in [0, 0.05) is 24.5 Å². The average molecular weight is 399 g/mol. The Kier molecular flexibility index (Phi) is 4.82. The number of sulfone groups is 1. The maximum Gasteiger partial charge on any atom is 0.212 e. The fourth-order valence-corrected chi connectivity index (χ4v) is 5.11. The van der Waals surface area contributed by atoms with Gasteiger partial charge in [0.15, 0.2) is 11.5 Å². The van der Waals surface area contributed by atoms with E-state index in [1.165, 1.54) is 32.5 Å². The van der Waals surface area contributed by atoms with Gasteiger partial charge in [-0.1, -0.05) is 12.1 Å². The van der Waals surface area contributed by atoms with E-state index in [1.54, 1.807) is 12.1 Å². The first-order chi connectivity index (χ1) is 13.6. The van der Waals surface area contributed by atoms with Gasteiger partial charge in [-0.15, -0.1) is 0 Å². The number of nitrogens with zero attached hydrogens (tertiary/aromatic N) is 1. The molecular formula is C20H21N3O4S. The molecule has 1 aliphatic heterocycles. The number of nitrogens with one attached hydrogen (secondary N) is 2. The van der Waals surface area contributed by atoms with Crippen LogP contribution in [0, 0.1) is 0 Å². The molecule has 0 atom stereocenters. The molecule has 28 heavy (non-hydrogen) atoms. The van der Waals surface area contributed by atoms with Crippen LogP contribution in [-0.4, -0.2) is 45.7 Å². The summed E-state index contributed by atoms with van der Waals surface area (Å²) in [6, 6.07) is 6.32. The van der Waals surface area contributed by atoms with E-state index >= 15 is 0 Å². The van der Waals surface area contributed by atoms with Gasteiger partial charge in [0.1, 0.15) is 4.90 Å². The lowest BCUT2D eigenvalue weighted by Crippen LogP contribution is -2.19. The summed E-state index contributed by atoms with van der Waals surface area (Å²) in [5.41, 5.74) is 3.23. The summed E-state index contributed by atoms with van der Waals surface area (Å²) < 4.78 is 37.5. The molecule has 1 aromatic carbocycles. The third kappa shape index (κ3) is 2.94. The molecule has 3 heterocycles. The highest BCUT2D eigenvalue weighted by atomic mass is 32.2. The third-order valence-corrected chi connectivity index (χ3v) is 6.70. The first-order valence-electron chi connectivity index (χ1n) is 8.90. The minimum atomic E-state index is -3.87. The monoisotopic (exact) mass is 399 g/mol. The molecule has 0 amide bonds. The number of methoxy groups -OCH3 is 2. The Hall–Kier alpha value is -2.84. The lowest BCUT2D eigenvalue weighted by molar-refractivity contribution is 0.347. The standard InChI is InChI=1S/C20H21N3O4S/c1-26-15-4-3-5-17(20(15)27-2)28(24,25)16-8-11-22-18-14(12-23-19(16)18)13-6-9-21-10-7-13/h3-6,8,11-12,21,23H,7,9-10H2,1-2H3. The first kappa shape index (κ1) is 18.5. The number of ether oxygens (including phenoxy) is 2. The zero-order valence-electron chi connectivity index (χ0n) is 15.7. The number of pyridine rings is 1. The molecule has 0 saturated carbocycles. The number of fused-ring (bicyclic) bond motifs is 1. The van der Waals surface area contributed by atoms with Crippen molar-refractivity contribution in [2.24, 2.45) is 0 Å². The zero-order valence-corrected chi connectivity index (χ0v) is 16.5. The largest absolute Gasteiger partial charge is 0.493 e. The number of benzene rings is 1. The highest BCUT2D eigenvalue weighted by Gasteiger charge is 2.28. The van der Waals surface area contributed by atoms with Gasteiger partial charge in [0.2, 0.25) is 9.84 Å². The number of para-hydroxylation sites is 1. The van der Waals surface area contributed by atoms with Crippen molar-refractivity contribution in [2.45, 2.75) is 16.2 Å². The molecule has 0 unspecified atom stereocenters. The van der Waals surface area contributed by atoms with Crippen molar-refractivity contribution in [1.29, 1.82) is 0 Å². The molecule has 0 aliphatic carbocycles. The van der Waals surface area contributed by atoms with Gasteiger partial charge in [-0.3, -0.25) is 4.98 Å². The molecule has 4 rings (SSSR count). The minimum absolute atomic E-state index is 0.0547. The summed E-state index contributed by atoms with van der Waals surface area (Å²) in [6.45, 7) is 1.68. The Morgan fingerprint density at radius 3 is 2.68 bits per heavy atom. The lowest BCUT2D eigenvalue weighted by atomic mass is 10.0. The Morgan fingerprint density at radius 1 is 1.11 bits per heavy atom. The maximum atomic E-state index is 13.5. The van der Waals surface area contributed by atoms with Crippen LogP contribution >= 0.6 is 0 Å². The number of aromatic nitrogens is 2. The number of H-pyrrole nitrogens is 1. The molecule has 8 heteroatoms. The molecule has 1 aliphatic rings. The Balaban J connectivity index is 1.90. The predicted molar refractivity (Wildman–Crippen MR) is 107 cm³/mol. The van der Waals surface area contributed by atoms with Gasteiger partial charge in [-0.05, 0) is 36.7 Å². The van der Waals surface area contributed by atoms with E-state index in [9.17, 15) is 8.42 Å². The molecule has 0 bridgehead atoms. The van der Waals surface area contributed by atoms with Gasteiger partial charge >= 0.3 is 0 Å². The Bertz CT molecular complexity index is 1170. The topological polar surface area (TPSA) is 93.3 Å². The van der Waals surface area contributed by atoms with Crippen LogP contribution in [-0.2, 0) is 9.84 Å². The Morgan fingerprint density at radius 2 is 1.96 bits per heavy atom. The highest BCUT2D eigenvalue weighted by Crippen LogP contribution is 2.39. The van der Waals surface area contributed by atoms with Crippen LogP contribution in [0.25, 0.3) is 16.6 Å². The summed E-state index contributed by atoms with van der Waals surface area (Å²) in [5, 5.41) is 3.28. The van der Waals surface area contributed by atoms with E-state index in [0.29, 0.717) is 16.8 Å². The Labute approximate surface area is 163 Å². The molecule has 7 nitrogen and oxygen atoms in total. The van der Waals surface area contributed by atoms with E-state index in [2.05, 4.69) is 21.4 Å². The lowest BCUT2D eigenvalue weighted by Gasteiger charge is -2.14. The van der Waals surface area contributed by atoms with Crippen LogP contribution in [0.4, 0.5) is 0 Å². The third-order valence-electron chi connectivity index (χ3n) is 4.88. The molecule has 146 valence electrons. The van der Waals surface area contributed by atoms with E-state index in [-0.39, 0.29) is 15.5 Å². The summed E-state index contributed by atoms with van der Waals surface area (Å²) in [7, 11) is -0.965. The molecular weight excluding hydrogens is 378 g/mol. The highest BCUT2D eigenvalue weighted by molar-refractivity contribution is 7.91. The van der Waals surface area contributed by atoms with Crippen molar-refractivity contribution in [1.82, 2.24) is 15.3 Å². The van der Waals surface area contributed by atoms with Crippen LogP contribution in [0.1, 0.15) is 12.0 Å². The molecule has 3 aromatic rings. The van der Waals surface area contributed by atoms with E-state index < -0.39 is 9.84 Å². The van der Waals surface area contributed by atoms with Crippen LogP contribution in [0.2, 0.25) is 0 Å². The molecule has 0 saturated heterocycles. The average Bonchev–Trinajstić information content (AvgIpc) is 3.17. The fourth-order valence-electron chi connectivity index (χ4n) is 3.52. The quantitative estimate of drug-likeness (QED) is 0.685. The van der Waals surface area contributed by atoms with Gasteiger partial charge < -0.3 is 19.8 Å². The van der Waals surface area contributed by atoms with Gasteiger partial charge in [-0.2, -0.15) is 0 Å². The number of hydrogen-bond donors (Lipinski definition) is 2. The van der Waals surface area contributed by atoms with Gasteiger partial charge in [-0.25, -0.2) is 8.42 Å². The van der Waals surface area contributed by atoms with Crippen molar-refractivity contribution >= 4 is 26.4 Å². The second-order valence-electron chi connectivity index (χ2n) is 6.41. The summed E-state index contributed by atoms with van der Waals surface area (Å²) >= 11 is 0. The van der Waals surface area contributed by atoms with Crippen LogP contribution in [0.3, 0.4) is 0 Å². The zero-order chi connectivity index (χ0) is 19.7. The summed E-state index contributed by atoms with van der Waals surface area (Å²) in [5.74, 6) is 0.545. The predicted octanol–water partition coefficient (Wildman–Crippen LogP) is 2.79. The summed E-state index contributed by atoms with van der Waals surface area (Å²) in [4.78, 5) is 7.78. The fraction of sp³-hybridized carbons (Fsp3) is 0.250. The second-order valence-corrected chi connectivity index (χ2v) is 8.30. The van der Waals surface area contributed by atoms with Gasteiger partial charge in [0.05, 0.1) is 30.1 Å². The van der Waals surface area contributed by atoms with Crippen molar-refractivity contribution in [3.05, 3.63) is 48.3 Å². The van der Waals surface area contributed by atoms with Crippen molar-refractivity contribution in [2.75, 3.05) is 27.3 Å². The number of hydrogen-bond acceptors (Lipinski definition) is 6. The van der Waals surface area contributed by atoms with Crippen molar-refractivity contribution in [3.63, 3.8) is 0 Å². The summed E-state index contributed by atoms with van der Waals surface area (Å²) in [6.07, 6.45) is 6.34. The first-order valence-corrected chi connectivity index (χ1v) is 10.4. The van der Waals surface area contributed by atoms with Crippen molar-refractivity contribution in [3.8, 4) is 11.5 Å². The van der Waals surface area contributed by atoms with Crippen molar-refractivity contribution < 1.29 is 17.9 Å². The van der Waals surface area contributed by atoms with Crippen LogP contribution < -0.4 is 14.8 Å². The molecule has 2 aromatic heterocycles. The molecule has 0 spiro atoms. The minimum Gasteiger partial charge on any atom is -0.493 e. The number of rotatable bonds is 5. The van der Waals surface area contributed by atoms with E-state index in [4.69, 9.17) is 9.47 Å².